The van der Waals surface area contributed by atoms with Gasteiger partial charge in [0.2, 0.25) is 5.95 Å². The second-order valence-electron chi connectivity index (χ2n) is 6.88. The molecule has 1 atom stereocenters. The summed E-state index contributed by atoms with van der Waals surface area (Å²) >= 11 is 5.92. The molecule has 2 aromatic carbocycles. The Labute approximate surface area is 162 Å². The van der Waals surface area contributed by atoms with Crippen molar-refractivity contribution in [3.8, 4) is 0 Å². The fraction of sp³-hybridized carbons (Fsp3) is 0.300. The van der Waals surface area contributed by atoms with Crippen LogP contribution in [0, 0.1) is 5.82 Å². The summed E-state index contributed by atoms with van der Waals surface area (Å²) in [4.78, 5) is 6.72. The number of rotatable bonds is 6. The fourth-order valence-electron chi connectivity index (χ4n) is 3.34. The van der Waals surface area contributed by atoms with Crippen molar-refractivity contribution in [2.75, 3.05) is 18.4 Å². The molecule has 1 N–H and O–H groups in total. The number of hydrogen-bond acceptors (Lipinski definition) is 4. The van der Waals surface area contributed by atoms with Gasteiger partial charge in [0.15, 0.2) is 0 Å². The molecule has 2 heterocycles. The molecule has 0 bridgehead atoms. The zero-order valence-electron chi connectivity index (χ0n) is 14.9. The molecule has 0 unspecified atom stereocenters. The van der Waals surface area contributed by atoms with E-state index in [2.05, 4.69) is 20.3 Å². The van der Waals surface area contributed by atoms with Crippen LogP contribution < -0.4 is 5.32 Å². The van der Waals surface area contributed by atoms with Crippen LogP contribution in [0.4, 0.5) is 10.3 Å². The van der Waals surface area contributed by atoms with Gasteiger partial charge in [-0.3, -0.25) is 4.90 Å². The molecule has 140 valence electrons. The van der Waals surface area contributed by atoms with Crippen LogP contribution in [-0.2, 0) is 13.1 Å². The summed E-state index contributed by atoms with van der Waals surface area (Å²) in [5, 5.41) is 8.65. The fourth-order valence-corrected chi connectivity index (χ4v) is 3.46. The molecule has 0 radical (unpaired) electrons. The van der Waals surface area contributed by atoms with E-state index in [0.717, 1.165) is 42.2 Å². The third-order valence-corrected chi connectivity index (χ3v) is 4.97. The summed E-state index contributed by atoms with van der Waals surface area (Å²) in [5.74, 6) is 0.456. The Bertz CT molecular complexity index is 878. The molecule has 7 heteroatoms. The minimum Gasteiger partial charge on any atom is -0.349 e. The standard InChI is InChI=1S/C20H21ClFN5/c21-17-5-1-16(2-6-17)12-27-14-23-20(25-27)24-19-9-10-26(13-19)11-15-3-7-18(22)8-4-15/h1-8,14,19H,9-13H2,(H,24,25)/t19-/m1/s1. The van der Waals surface area contributed by atoms with Gasteiger partial charge in [-0.1, -0.05) is 35.9 Å². The van der Waals surface area contributed by atoms with Gasteiger partial charge >= 0.3 is 0 Å². The first-order chi connectivity index (χ1) is 13.1. The van der Waals surface area contributed by atoms with E-state index < -0.39 is 0 Å². The van der Waals surface area contributed by atoms with E-state index in [-0.39, 0.29) is 5.82 Å². The molecule has 5 nitrogen and oxygen atoms in total. The Morgan fingerprint density at radius 1 is 1.04 bits per heavy atom. The highest BCUT2D eigenvalue weighted by molar-refractivity contribution is 6.30. The summed E-state index contributed by atoms with van der Waals surface area (Å²) in [5.41, 5.74) is 2.25. The van der Waals surface area contributed by atoms with Crippen LogP contribution in [0.5, 0.6) is 0 Å². The van der Waals surface area contributed by atoms with E-state index in [0.29, 0.717) is 18.5 Å². The number of likely N-dealkylation sites (tertiary alicyclic amines) is 1. The average Bonchev–Trinajstić information content (AvgIpc) is 3.29. The lowest BCUT2D eigenvalue weighted by molar-refractivity contribution is 0.328. The highest BCUT2D eigenvalue weighted by Crippen LogP contribution is 2.17. The zero-order valence-corrected chi connectivity index (χ0v) is 15.6. The SMILES string of the molecule is Fc1ccc(CN2CC[C@@H](Nc3ncn(Cc4ccc(Cl)cc4)n3)C2)cc1. The summed E-state index contributed by atoms with van der Waals surface area (Å²) < 4.78 is 14.8. The van der Waals surface area contributed by atoms with Crippen molar-refractivity contribution in [1.82, 2.24) is 19.7 Å². The molecule has 1 saturated heterocycles. The Morgan fingerprint density at radius 3 is 2.52 bits per heavy atom. The van der Waals surface area contributed by atoms with Crippen molar-refractivity contribution < 1.29 is 4.39 Å². The minimum atomic E-state index is -0.194. The largest absolute Gasteiger partial charge is 0.349 e. The molecule has 1 aromatic heterocycles. The van der Waals surface area contributed by atoms with Crippen LogP contribution in [0.15, 0.2) is 54.9 Å². The lowest BCUT2D eigenvalue weighted by atomic mass is 10.2. The number of hydrogen-bond donors (Lipinski definition) is 1. The van der Waals surface area contributed by atoms with E-state index in [9.17, 15) is 4.39 Å². The lowest BCUT2D eigenvalue weighted by Crippen LogP contribution is -2.26. The molecule has 3 aromatic rings. The van der Waals surface area contributed by atoms with Crippen molar-refractivity contribution >= 4 is 17.5 Å². The Morgan fingerprint density at radius 2 is 1.74 bits per heavy atom. The van der Waals surface area contributed by atoms with Crippen LogP contribution >= 0.6 is 11.6 Å². The van der Waals surface area contributed by atoms with Crippen molar-refractivity contribution in [2.24, 2.45) is 0 Å². The maximum atomic E-state index is 13.0. The van der Waals surface area contributed by atoms with Gasteiger partial charge in [-0.25, -0.2) is 14.1 Å². The highest BCUT2D eigenvalue weighted by atomic mass is 35.5. The molecule has 27 heavy (non-hydrogen) atoms. The van der Waals surface area contributed by atoms with Crippen molar-refractivity contribution in [3.63, 3.8) is 0 Å². The second-order valence-corrected chi connectivity index (χ2v) is 7.32. The van der Waals surface area contributed by atoms with Crippen molar-refractivity contribution in [3.05, 3.63) is 76.8 Å². The van der Waals surface area contributed by atoms with Gasteiger partial charge in [0.25, 0.3) is 0 Å². The van der Waals surface area contributed by atoms with Crippen molar-refractivity contribution in [2.45, 2.75) is 25.6 Å². The number of benzene rings is 2. The highest BCUT2D eigenvalue weighted by Gasteiger charge is 2.23. The quantitative estimate of drug-likeness (QED) is 0.701. The molecular formula is C20H21ClFN5. The van der Waals surface area contributed by atoms with Gasteiger partial charge in [0.05, 0.1) is 6.54 Å². The maximum absolute atomic E-state index is 13.0. The summed E-state index contributed by atoms with van der Waals surface area (Å²) in [6.07, 6.45) is 2.77. The predicted molar refractivity (Wildman–Crippen MR) is 104 cm³/mol. The molecule has 1 fully saturated rings. The average molecular weight is 386 g/mol. The van der Waals surface area contributed by atoms with E-state index in [1.54, 1.807) is 6.33 Å². The number of aromatic nitrogens is 3. The first-order valence-corrected chi connectivity index (χ1v) is 9.39. The van der Waals surface area contributed by atoms with E-state index in [1.807, 2.05) is 41.1 Å². The molecular weight excluding hydrogens is 365 g/mol. The molecule has 4 rings (SSSR count). The maximum Gasteiger partial charge on any atom is 0.242 e. The molecule has 0 aliphatic carbocycles. The minimum absolute atomic E-state index is 0.194. The summed E-state index contributed by atoms with van der Waals surface area (Å²) in [7, 11) is 0. The van der Waals surface area contributed by atoms with Crippen LogP contribution in [0.3, 0.4) is 0 Å². The lowest BCUT2D eigenvalue weighted by Gasteiger charge is -2.16. The van der Waals surface area contributed by atoms with Gasteiger partial charge in [0.1, 0.15) is 12.1 Å². The van der Waals surface area contributed by atoms with Gasteiger partial charge in [0, 0.05) is 30.7 Å². The molecule has 0 saturated carbocycles. The Hall–Kier alpha value is -2.44. The topological polar surface area (TPSA) is 46.0 Å². The number of halogens is 2. The number of nitrogens with zero attached hydrogens (tertiary/aromatic N) is 4. The molecule has 0 spiro atoms. The van der Waals surface area contributed by atoms with Gasteiger partial charge < -0.3 is 5.32 Å². The predicted octanol–water partition coefficient (Wildman–Crippen LogP) is 3.81. The number of nitrogens with one attached hydrogen (secondary N) is 1. The third-order valence-electron chi connectivity index (χ3n) is 4.72. The van der Waals surface area contributed by atoms with Crippen LogP contribution in [0.2, 0.25) is 5.02 Å². The van der Waals surface area contributed by atoms with Gasteiger partial charge in [-0.2, -0.15) is 0 Å². The van der Waals surface area contributed by atoms with Crippen LogP contribution in [-0.4, -0.2) is 38.8 Å². The van der Waals surface area contributed by atoms with Crippen molar-refractivity contribution in [1.29, 1.82) is 0 Å². The van der Waals surface area contributed by atoms with E-state index in [1.165, 1.54) is 12.1 Å². The van der Waals surface area contributed by atoms with Gasteiger partial charge in [-0.05, 0) is 41.8 Å². The van der Waals surface area contributed by atoms with E-state index in [4.69, 9.17) is 11.6 Å². The first-order valence-electron chi connectivity index (χ1n) is 9.01. The third kappa shape index (κ3) is 4.84. The van der Waals surface area contributed by atoms with E-state index >= 15 is 0 Å². The first kappa shape index (κ1) is 17.9. The van der Waals surface area contributed by atoms with Gasteiger partial charge in [-0.15, -0.1) is 5.10 Å². The second kappa shape index (κ2) is 8.06. The van der Waals surface area contributed by atoms with Crippen LogP contribution in [0.25, 0.3) is 0 Å². The zero-order chi connectivity index (χ0) is 18.6. The molecule has 1 aliphatic heterocycles. The molecule has 0 amide bonds. The number of anilines is 1. The summed E-state index contributed by atoms with van der Waals surface area (Å²) in [6.45, 7) is 3.41. The smallest absolute Gasteiger partial charge is 0.242 e. The molecule has 1 aliphatic rings. The van der Waals surface area contributed by atoms with Crippen LogP contribution in [0.1, 0.15) is 17.5 Å². The Kier molecular flexibility index (Phi) is 5.36. The monoisotopic (exact) mass is 385 g/mol. The Balaban J connectivity index is 1.29. The summed E-state index contributed by atoms with van der Waals surface area (Å²) in [6, 6.07) is 14.8. The normalized spacial score (nSPS) is 17.3.